The zero-order valence-electron chi connectivity index (χ0n) is 15.3. The summed E-state index contributed by atoms with van der Waals surface area (Å²) in [6.07, 6.45) is 11.6. The van der Waals surface area contributed by atoms with E-state index in [-0.39, 0.29) is 43.3 Å². The Bertz CT molecular complexity index is 444. The molecule has 0 unspecified atom stereocenters. The Balaban J connectivity index is 0. The third-order valence-corrected chi connectivity index (χ3v) is 3.62. The second-order valence-corrected chi connectivity index (χ2v) is 5.61. The molecule has 0 aliphatic heterocycles. The van der Waals surface area contributed by atoms with Crippen LogP contribution in [0.4, 0.5) is 0 Å². The molecule has 126 valence electrons. The maximum atomic E-state index is 11.8. The molecule has 0 saturated carbocycles. The van der Waals surface area contributed by atoms with Gasteiger partial charge in [-0.1, -0.05) is 45.4 Å². The van der Waals surface area contributed by atoms with Crippen molar-refractivity contribution in [2.45, 2.75) is 70.8 Å². The molecular formula is C16H28N3NaO3. The molecule has 1 amide bonds. The minimum absolute atomic E-state index is 0. The predicted molar refractivity (Wildman–Crippen MR) is 85.6 cm³/mol. The van der Waals surface area contributed by atoms with Gasteiger partial charge < -0.3 is 16.8 Å². The number of rotatable bonds is 12. The van der Waals surface area contributed by atoms with Crippen LogP contribution < -0.4 is 34.9 Å². The number of aromatic nitrogens is 2. The Labute approximate surface area is 161 Å². The number of carboxylic acid groups (broad SMARTS) is 1. The van der Waals surface area contributed by atoms with Crippen LogP contribution in [0.5, 0.6) is 0 Å². The molecule has 1 heterocycles. The van der Waals surface area contributed by atoms with E-state index in [4.69, 9.17) is 5.11 Å². The first kappa shape index (κ1) is 22.1. The van der Waals surface area contributed by atoms with Gasteiger partial charge in [0, 0.05) is 24.7 Å². The van der Waals surface area contributed by atoms with Crippen molar-refractivity contribution in [3.05, 3.63) is 18.2 Å². The average molecular weight is 333 g/mol. The Hall–Kier alpha value is -0.850. The summed E-state index contributed by atoms with van der Waals surface area (Å²) >= 11 is 0. The van der Waals surface area contributed by atoms with Gasteiger partial charge in [0.2, 0.25) is 5.91 Å². The molecule has 0 saturated heterocycles. The predicted octanol–water partition coefficient (Wildman–Crippen LogP) is -0.221. The number of hydrogen-bond acceptors (Lipinski definition) is 3. The van der Waals surface area contributed by atoms with Crippen molar-refractivity contribution in [2.24, 2.45) is 0 Å². The zero-order valence-corrected chi connectivity index (χ0v) is 16.3. The fraction of sp³-hybridized carbons (Fsp3) is 0.688. The fourth-order valence-corrected chi connectivity index (χ4v) is 2.33. The summed E-state index contributed by atoms with van der Waals surface area (Å²) in [5.41, 5.74) is 0.698. The van der Waals surface area contributed by atoms with Crippen molar-refractivity contribution in [1.82, 2.24) is 15.3 Å². The molecule has 0 radical (unpaired) electrons. The molecule has 23 heavy (non-hydrogen) atoms. The van der Waals surface area contributed by atoms with Crippen molar-refractivity contribution < 1.29 is 45.7 Å². The Morgan fingerprint density at radius 3 is 2.48 bits per heavy atom. The van der Waals surface area contributed by atoms with Gasteiger partial charge in [-0.3, -0.25) is 4.79 Å². The van der Waals surface area contributed by atoms with Crippen molar-refractivity contribution in [3.8, 4) is 0 Å². The molecule has 1 aromatic heterocycles. The van der Waals surface area contributed by atoms with Gasteiger partial charge in [0.05, 0.1) is 6.33 Å². The zero-order chi connectivity index (χ0) is 16.2. The van der Waals surface area contributed by atoms with Crippen LogP contribution in [0.2, 0.25) is 0 Å². The van der Waals surface area contributed by atoms with E-state index in [9.17, 15) is 9.59 Å². The number of nitrogens with zero attached hydrogens (tertiary/aromatic N) is 1. The van der Waals surface area contributed by atoms with Gasteiger partial charge in [0.1, 0.15) is 6.04 Å². The number of unbranched alkanes of at least 4 members (excludes halogenated alkanes) is 6. The minimum Gasteiger partial charge on any atom is -1.00 e. The number of imidazole rings is 1. The van der Waals surface area contributed by atoms with Gasteiger partial charge in [-0.05, 0) is 6.42 Å². The van der Waals surface area contributed by atoms with E-state index < -0.39 is 12.0 Å². The van der Waals surface area contributed by atoms with Gasteiger partial charge in [0.25, 0.3) is 0 Å². The van der Waals surface area contributed by atoms with Crippen molar-refractivity contribution >= 4 is 11.9 Å². The number of nitrogens with one attached hydrogen (secondary N) is 2. The van der Waals surface area contributed by atoms with Crippen molar-refractivity contribution in [1.29, 1.82) is 0 Å². The summed E-state index contributed by atoms with van der Waals surface area (Å²) in [6, 6.07) is -0.905. The van der Waals surface area contributed by atoms with Crippen LogP contribution in [-0.4, -0.2) is 33.0 Å². The van der Waals surface area contributed by atoms with Gasteiger partial charge in [0.15, 0.2) is 0 Å². The summed E-state index contributed by atoms with van der Waals surface area (Å²) in [6.45, 7) is 2.19. The molecule has 0 aliphatic carbocycles. The topological polar surface area (TPSA) is 95.1 Å². The molecule has 1 aromatic rings. The first-order valence-corrected chi connectivity index (χ1v) is 8.13. The maximum absolute atomic E-state index is 11.8. The van der Waals surface area contributed by atoms with Crippen molar-refractivity contribution in [2.75, 3.05) is 0 Å². The maximum Gasteiger partial charge on any atom is 1.00 e. The van der Waals surface area contributed by atoms with Crippen LogP contribution in [0.3, 0.4) is 0 Å². The van der Waals surface area contributed by atoms with Gasteiger partial charge in [-0.25, -0.2) is 9.78 Å². The molecule has 3 N–H and O–H groups in total. The summed E-state index contributed by atoms with van der Waals surface area (Å²) in [5.74, 6) is -1.22. The van der Waals surface area contributed by atoms with Gasteiger partial charge in [-0.2, -0.15) is 0 Å². The van der Waals surface area contributed by atoms with E-state index in [1.165, 1.54) is 32.0 Å². The molecule has 0 aliphatic rings. The first-order valence-electron chi connectivity index (χ1n) is 8.13. The molecule has 0 aromatic carbocycles. The largest absolute Gasteiger partial charge is 1.00 e. The van der Waals surface area contributed by atoms with E-state index in [0.717, 1.165) is 19.3 Å². The van der Waals surface area contributed by atoms with E-state index in [1.807, 2.05) is 0 Å². The summed E-state index contributed by atoms with van der Waals surface area (Å²) in [5, 5.41) is 11.7. The molecular weight excluding hydrogens is 305 g/mol. The smallest absolute Gasteiger partial charge is 1.00 e. The number of carboxylic acids is 1. The number of amides is 1. The molecule has 0 spiro atoms. The fourth-order valence-electron chi connectivity index (χ4n) is 2.33. The Kier molecular flexibility index (Phi) is 13.1. The van der Waals surface area contributed by atoms with E-state index in [2.05, 4.69) is 22.2 Å². The quantitative estimate of drug-likeness (QED) is 0.364. The third kappa shape index (κ3) is 10.5. The van der Waals surface area contributed by atoms with Crippen molar-refractivity contribution in [3.63, 3.8) is 0 Å². The van der Waals surface area contributed by atoms with E-state index in [0.29, 0.717) is 12.1 Å². The Morgan fingerprint density at radius 2 is 1.91 bits per heavy atom. The average Bonchev–Trinajstić information content (AvgIpc) is 2.98. The molecule has 6 nitrogen and oxygen atoms in total. The summed E-state index contributed by atoms with van der Waals surface area (Å²) in [4.78, 5) is 29.7. The van der Waals surface area contributed by atoms with Crippen LogP contribution in [-0.2, 0) is 16.0 Å². The van der Waals surface area contributed by atoms with E-state index in [1.54, 1.807) is 6.20 Å². The summed E-state index contributed by atoms with van der Waals surface area (Å²) in [7, 11) is 0. The molecule has 0 fully saturated rings. The van der Waals surface area contributed by atoms with Crippen LogP contribution >= 0.6 is 0 Å². The second-order valence-electron chi connectivity index (χ2n) is 5.61. The van der Waals surface area contributed by atoms with Gasteiger partial charge >= 0.3 is 35.5 Å². The van der Waals surface area contributed by atoms with Gasteiger partial charge in [-0.15, -0.1) is 0 Å². The molecule has 0 bridgehead atoms. The monoisotopic (exact) mass is 333 g/mol. The standard InChI is InChI=1S/C16H27N3O3.Na.H/c1-2-3-4-5-6-7-8-9-15(20)19-14(16(21)22)10-13-11-17-12-18-13;;/h11-12,14H,2-10H2,1H3,(H,17,18)(H,19,20)(H,21,22);;/q;+1;-1/t14-;;/m0../s1. The Morgan fingerprint density at radius 1 is 1.26 bits per heavy atom. The number of H-pyrrole nitrogens is 1. The number of carbonyl (C=O) groups is 2. The van der Waals surface area contributed by atoms with Crippen LogP contribution in [0.15, 0.2) is 12.5 Å². The number of carbonyl (C=O) groups excluding carboxylic acids is 1. The number of aromatic amines is 1. The van der Waals surface area contributed by atoms with Crippen LogP contribution in [0.25, 0.3) is 0 Å². The molecule has 1 rings (SSSR count). The first-order chi connectivity index (χ1) is 10.6. The van der Waals surface area contributed by atoms with E-state index >= 15 is 0 Å². The molecule has 7 heteroatoms. The van der Waals surface area contributed by atoms with Crippen LogP contribution in [0.1, 0.15) is 65.4 Å². The SMILES string of the molecule is CCCCCCCCCC(=O)N[C@@H](Cc1cnc[nH]1)C(=O)O.[H-].[Na+]. The number of aliphatic carboxylic acids is 1. The van der Waals surface area contributed by atoms with Crippen LogP contribution in [0, 0.1) is 0 Å². The summed E-state index contributed by atoms with van der Waals surface area (Å²) < 4.78 is 0. The third-order valence-electron chi connectivity index (χ3n) is 3.62. The molecule has 1 atom stereocenters. The second kappa shape index (κ2) is 13.6. The minimum atomic E-state index is -1.03. The normalized spacial score (nSPS) is 11.5. The number of hydrogen-bond donors (Lipinski definition) is 3.